The molecule has 1 aliphatic carbocycles. The van der Waals surface area contributed by atoms with Crippen molar-refractivity contribution < 1.29 is 13.8 Å². The Bertz CT molecular complexity index is 432. The Morgan fingerprint density at radius 1 is 1.40 bits per heavy atom. The lowest BCUT2D eigenvalue weighted by molar-refractivity contribution is -0.156. The molecular formula is C14H24N2O3S. The van der Waals surface area contributed by atoms with E-state index in [0.717, 1.165) is 25.7 Å². The number of nitrogens with zero attached hydrogens (tertiary/aromatic N) is 1. The molecule has 1 spiro atoms. The maximum atomic E-state index is 12.8. The van der Waals surface area contributed by atoms with Crippen molar-refractivity contribution in [3.8, 4) is 0 Å². The number of rotatable bonds is 4. The van der Waals surface area contributed by atoms with Crippen LogP contribution in [0.1, 0.15) is 46.0 Å². The first kappa shape index (κ1) is 15.5. The second-order valence-corrected chi connectivity index (χ2v) is 7.64. The molecule has 2 aliphatic rings. The highest BCUT2D eigenvalue weighted by molar-refractivity contribution is 7.84. The Kier molecular flexibility index (Phi) is 4.52. The van der Waals surface area contributed by atoms with E-state index in [1.807, 2.05) is 6.92 Å². The van der Waals surface area contributed by atoms with E-state index in [4.69, 9.17) is 0 Å². The third-order valence-electron chi connectivity index (χ3n) is 4.56. The van der Waals surface area contributed by atoms with E-state index in [1.165, 1.54) is 0 Å². The molecule has 5 nitrogen and oxygen atoms in total. The van der Waals surface area contributed by atoms with Gasteiger partial charge in [-0.1, -0.05) is 12.8 Å². The quantitative estimate of drug-likeness (QED) is 0.835. The zero-order valence-corrected chi connectivity index (χ0v) is 13.3. The van der Waals surface area contributed by atoms with Crippen molar-refractivity contribution in [3.05, 3.63) is 0 Å². The van der Waals surface area contributed by atoms with Crippen LogP contribution < -0.4 is 5.32 Å². The molecule has 2 rings (SSSR count). The van der Waals surface area contributed by atoms with Crippen LogP contribution in [-0.4, -0.2) is 50.6 Å². The number of carbonyl (C=O) groups excluding carboxylic acids is 2. The average molecular weight is 300 g/mol. The van der Waals surface area contributed by atoms with E-state index in [0.29, 0.717) is 12.2 Å². The van der Waals surface area contributed by atoms with E-state index in [-0.39, 0.29) is 17.9 Å². The topological polar surface area (TPSA) is 66.5 Å². The molecule has 3 unspecified atom stereocenters. The molecule has 1 aliphatic heterocycles. The van der Waals surface area contributed by atoms with Crippen LogP contribution in [-0.2, 0) is 20.4 Å². The minimum atomic E-state index is -0.871. The molecule has 0 bridgehead atoms. The van der Waals surface area contributed by atoms with Crippen LogP contribution in [0.25, 0.3) is 0 Å². The van der Waals surface area contributed by atoms with Gasteiger partial charge in [0.1, 0.15) is 11.6 Å². The maximum Gasteiger partial charge on any atom is 0.249 e. The minimum Gasteiger partial charge on any atom is -0.340 e. The van der Waals surface area contributed by atoms with Crippen LogP contribution in [0.5, 0.6) is 0 Å². The van der Waals surface area contributed by atoms with Gasteiger partial charge in [0, 0.05) is 28.9 Å². The van der Waals surface area contributed by atoms with Gasteiger partial charge < -0.3 is 10.2 Å². The summed E-state index contributed by atoms with van der Waals surface area (Å²) in [6.07, 6.45) is 5.80. The SMILES string of the molecule is CC(CCS(C)=O)N1C(=O)C2(CCCC2)NC(=O)C1C. The van der Waals surface area contributed by atoms with Gasteiger partial charge in [0.2, 0.25) is 11.8 Å². The van der Waals surface area contributed by atoms with Gasteiger partial charge in [0.15, 0.2) is 0 Å². The van der Waals surface area contributed by atoms with Crippen LogP contribution in [0.15, 0.2) is 0 Å². The lowest BCUT2D eigenvalue weighted by Gasteiger charge is -2.46. The molecule has 20 heavy (non-hydrogen) atoms. The molecule has 0 aromatic heterocycles. The lowest BCUT2D eigenvalue weighted by Crippen LogP contribution is -2.70. The first-order valence-electron chi connectivity index (χ1n) is 7.32. The van der Waals surface area contributed by atoms with Gasteiger partial charge in [0.25, 0.3) is 0 Å². The molecule has 114 valence electrons. The number of amides is 2. The van der Waals surface area contributed by atoms with Crippen molar-refractivity contribution in [2.45, 2.75) is 63.6 Å². The zero-order chi connectivity index (χ0) is 14.9. The van der Waals surface area contributed by atoms with Crippen molar-refractivity contribution in [3.63, 3.8) is 0 Å². The highest BCUT2D eigenvalue weighted by Gasteiger charge is 2.51. The van der Waals surface area contributed by atoms with Crippen molar-refractivity contribution >= 4 is 22.6 Å². The molecule has 0 radical (unpaired) electrons. The molecule has 3 atom stereocenters. The van der Waals surface area contributed by atoms with E-state index in [9.17, 15) is 13.8 Å². The zero-order valence-electron chi connectivity index (χ0n) is 12.5. The monoisotopic (exact) mass is 300 g/mol. The third-order valence-corrected chi connectivity index (χ3v) is 5.37. The van der Waals surface area contributed by atoms with E-state index < -0.39 is 22.4 Å². The highest BCUT2D eigenvalue weighted by atomic mass is 32.2. The van der Waals surface area contributed by atoms with E-state index >= 15 is 0 Å². The Morgan fingerprint density at radius 3 is 2.55 bits per heavy atom. The second-order valence-electron chi connectivity index (χ2n) is 6.08. The molecule has 0 aromatic rings. The van der Waals surface area contributed by atoms with Gasteiger partial charge in [0.05, 0.1) is 0 Å². The highest BCUT2D eigenvalue weighted by Crippen LogP contribution is 2.35. The first-order chi connectivity index (χ1) is 9.37. The summed E-state index contributed by atoms with van der Waals surface area (Å²) in [6, 6.07) is -0.487. The van der Waals surface area contributed by atoms with Gasteiger partial charge in [-0.15, -0.1) is 0 Å². The number of piperazine rings is 1. The average Bonchev–Trinajstić information content (AvgIpc) is 2.84. The fraction of sp³-hybridized carbons (Fsp3) is 0.857. The standard InChI is InChI=1S/C14H24N2O3S/c1-10(6-9-20(3)19)16-11(2)12(17)15-14(13(16)18)7-4-5-8-14/h10-11H,4-9H2,1-3H3,(H,15,17). The summed E-state index contributed by atoms with van der Waals surface area (Å²) in [5, 5.41) is 2.95. The Balaban J connectivity index is 2.17. The largest absolute Gasteiger partial charge is 0.340 e. The van der Waals surface area contributed by atoms with Crippen LogP contribution >= 0.6 is 0 Å². The maximum absolute atomic E-state index is 12.8. The van der Waals surface area contributed by atoms with Gasteiger partial charge in [-0.05, 0) is 33.1 Å². The minimum absolute atomic E-state index is 0.0510. The fourth-order valence-electron chi connectivity index (χ4n) is 3.32. The Hall–Kier alpha value is -0.910. The van der Waals surface area contributed by atoms with Crippen LogP contribution in [0.4, 0.5) is 0 Å². The number of hydrogen-bond donors (Lipinski definition) is 1. The summed E-state index contributed by atoms with van der Waals surface area (Å²) in [4.78, 5) is 26.7. The molecular weight excluding hydrogens is 276 g/mol. The fourth-order valence-corrected chi connectivity index (χ4v) is 3.99. The lowest BCUT2D eigenvalue weighted by atomic mass is 9.90. The molecule has 1 N–H and O–H groups in total. The van der Waals surface area contributed by atoms with Crippen LogP contribution in [0.2, 0.25) is 0 Å². The van der Waals surface area contributed by atoms with Gasteiger partial charge in [-0.25, -0.2) is 0 Å². The van der Waals surface area contributed by atoms with Gasteiger partial charge in [-0.3, -0.25) is 13.8 Å². The van der Waals surface area contributed by atoms with Crippen molar-refractivity contribution in [1.82, 2.24) is 10.2 Å². The second kappa shape index (κ2) is 5.84. The molecule has 0 aromatic carbocycles. The predicted molar refractivity (Wildman–Crippen MR) is 78.7 cm³/mol. The van der Waals surface area contributed by atoms with Crippen molar-refractivity contribution in [2.75, 3.05) is 12.0 Å². The van der Waals surface area contributed by atoms with Crippen LogP contribution in [0.3, 0.4) is 0 Å². The Morgan fingerprint density at radius 2 is 2.00 bits per heavy atom. The summed E-state index contributed by atoms with van der Waals surface area (Å²) in [5.74, 6) is 0.555. The number of carbonyl (C=O) groups is 2. The van der Waals surface area contributed by atoms with Crippen molar-refractivity contribution in [1.29, 1.82) is 0 Å². The normalized spacial score (nSPS) is 28.6. The van der Waals surface area contributed by atoms with E-state index in [1.54, 1.807) is 18.1 Å². The smallest absolute Gasteiger partial charge is 0.249 e. The molecule has 1 heterocycles. The summed E-state index contributed by atoms with van der Waals surface area (Å²) in [6.45, 7) is 3.72. The summed E-state index contributed by atoms with van der Waals surface area (Å²) >= 11 is 0. The third kappa shape index (κ3) is 2.75. The molecule has 1 saturated carbocycles. The Labute approximate surface area is 122 Å². The van der Waals surface area contributed by atoms with Crippen LogP contribution in [0, 0.1) is 0 Å². The molecule has 2 fully saturated rings. The molecule has 6 heteroatoms. The van der Waals surface area contributed by atoms with Crippen molar-refractivity contribution in [2.24, 2.45) is 0 Å². The summed E-state index contributed by atoms with van der Waals surface area (Å²) in [7, 11) is -0.871. The van der Waals surface area contributed by atoms with Gasteiger partial charge >= 0.3 is 0 Å². The number of nitrogens with one attached hydrogen (secondary N) is 1. The number of hydrogen-bond acceptors (Lipinski definition) is 3. The summed E-state index contributed by atoms with van der Waals surface area (Å²) in [5.41, 5.74) is -0.663. The molecule has 1 saturated heterocycles. The first-order valence-corrected chi connectivity index (χ1v) is 9.05. The molecule has 2 amide bonds. The predicted octanol–water partition coefficient (Wildman–Crippen LogP) is 0.803. The van der Waals surface area contributed by atoms with Gasteiger partial charge in [-0.2, -0.15) is 0 Å². The van der Waals surface area contributed by atoms with E-state index in [2.05, 4.69) is 5.32 Å². The summed E-state index contributed by atoms with van der Waals surface area (Å²) < 4.78 is 11.2.